The first-order valence-electron chi connectivity index (χ1n) is 6.70. The topological polar surface area (TPSA) is 51.4 Å². The number of benzene rings is 1. The Balaban J connectivity index is 1.85. The van der Waals surface area contributed by atoms with Crippen molar-refractivity contribution < 1.29 is 4.74 Å². The first kappa shape index (κ1) is 12.4. The molecule has 1 aliphatic rings. The molecule has 4 nitrogen and oxygen atoms in total. The van der Waals surface area contributed by atoms with Crippen molar-refractivity contribution in [2.24, 2.45) is 0 Å². The normalized spacial score (nSPS) is 20.8. The van der Waals surface area contributed by atoms with Crippen molar-refractivity contribution in [1.82, 2.24) is 9.88 Å². The van der Waals surface area contributed by atoms with Crippen molar-refractivity contribution in [2.75, 3.05) is 25.4 Å². The number of fused-ring (bicyclic) bond motifs is 1. The molecular weight excluding hydrogens is 238 g/mol. The Morgan fingerprint density at radius 3 is 3.11 bits per heavy atom. The summed E-state index contributed by atoms with van der Waals surface area (Å²) in [6.07, 6.45) is 0.295. The van der Waals surface area contributed by atoms with E-state index in [2.05, 4.69) is 28.9 Å². The number of anilines is 1. The third kappa shape index (κ3) is 2.69. The van der Waals surface area contributed by atoms with E-state index >= 15 is 0 Å². The average molecular weight is 257 g/mol. The maximum absolute atomic E-state index is 6.07. The summed E-state index contributed by atoms with van der Waals surface area (Å²) in [5, 5.41) is 1.15. The van der Waals surface area contributed by atoms with Crippen molar-refractivity contribution in [2.45, 2.75) is 19.6 Å². The van der Waals surface area contributed by atoms with Crippen LogP contribution in [0.25, 0.3) is 10.9 Å². The molecule has 0 bridgehead atoms. The number of rotatable bonds is 2. The lowest BCUT2D eigenvalue weighted by Crippen LogP contribution is -2.40. The van der Waals surface area contributed by atoms with Gasteiger partial charge in [-0.05, 0) is 19.1 Å². The fourth-order valence-corrected chi connectivity index (χ4v) is 2.58. The van der Waals surface area contributed by atoms with E-state index in [0.717, 1.165) is 42.7 Å². The summed E-state index contributed by atoms with van der Waals surface area (Å²) in [6.45, 7) is 5.65. The van der Waals surface area contributed by atoms with Crippen molar-refractivity contribution >= 4 is 16.7 Å². The molecule has 19 heavy (non-hydrogen) atoms. The minimum atomic E-state index is 0.295. The van der Waals surface area contributed by atoms with Gasteiger partial charge < -0.3 is 10.5 Å². The molecule has 100 valence electrons. The van der Waals surface area contributed by atoms with Crippen LogP contribution in [0.4, 0.5) is 5.82 Å². The first-order valence-corrected chi connectivity index (χ1v) is 6.70. The summed E-state index contributed by atoms with van der Waals surface area (Å²) in [5.74, 6) is 0.637. The van der Waals surface area contributed by atoms with Crippen LogP contribution in [0.1, 0.15) is 12.5 Å². The van der Waals surface area contributed by atoms with Gasteiger partial charge in [-0.1, -0.05) is 18.2 Å². The largest absolute Gasteiger partial charge is 0.383 e. The monoisotopic (exact) mass is 257 g/mol. The Labute approximate surface area is 113 Å². The van der Waals surface area contributed by atoms with Crippen molar-refractivity contribution in [3.8, 4) is 0 Å². The van der Waals surface area contributed by atoms with Gasteiger partial charge >= 0.3 is 0 Å². The maximum atomic E-state index is 6.07. The molecular formula is C15H19N3O. The molecule has 0 amide bonds. The van der Waals surface area contributed by atoms with Gasteiger partial charge in [0.25, 0.3) is 0 Å². The van der Waals surface area contributed by atoms with Gasteiger partial charge in [-0.2, -0.15) is 0 Å². The Morgan fingerprint density at radius 2 is 2.26 bits per heavy atom. The summed E-state index contributed by atoms with van der Waals surface area (Å²) in [4.78, 5) is 6.85. The summed E-state index contributed by atoms with van der Waals surface area (Å²) in [5.41, 5.74) is 8.13. The SMILES string of the molecule is CC1CN(Cc2cc3ccccc3nc2N)CCO1. The molecule has 1 fully saturated rings. The molecule has 3 rings (SSSR count). The average Bonchev–Trinajstić information content (AvgIpc) is 2.40. The van der Waals surface area contributed by atoms with Gasteiger partial charge in [-0.15, -0.1) is 0 Å². The number of nitrogens with zero attached hydrogens (tertiary/aromatic N) is 2. The van der Waals surface area contributed by atoms with Crippen LogP contribution in [0.3, 0.4) is 0 Å². The second kappa shape index (κ2) is 5.15. The summed E-state index contributed by atoms with van der Waals surface area (Å²) in [6, 6.07) is 10.2. The van der Waals surface area contributed by atoms with Crippen LogP contribution < -0.4 is 5.73 Å². The predicted molar refractivity (Wildman–Crippen MR) is 76.8 cm³/mol. The number of para-hydroxylation sites is 1. The molecule has 2 aromatic rings. The lowest BCUT2D eigenvalue weighted by Gasteiger charge is -2.31. The molecule has 0 aliphatic carbocycles. The smallest absolute Gasteiger partial charge is 0.128 e. The van der Waals surface area contributed by atoms with E-state index in [1.165, 1.54) is 0 Å². The molecule has 1 saturated heterocycles. The number of pyridine rings is 1. The van der Waals surface area contributed by atoms with Gasteiger partial charge in [0.2, 0.25) is 0 Å². The lowest BCUT2D eigenvalue weighted by molar-refractivity contribution is -0.0211. The third-order valence-electron chi connectivity index (χ3n) is 3.56. The van der Waals surface area contributed by atoms with E-state index in [1.807, 2.05) is 18.2 Å². The molecule has 0 radical (unpaired) electrons. The van der Waals surface area contributed by atoms with Crippen LogP contribution in [-0.4, -0.2) is 35.7 Å². The van der Waals surface area contributed by atoms with Gasteiger partial charge in [0, 0.05) is 30.6 Å². The molecule has 0 saturated carbocycles. The Morgan fingerprint density at radius 1 is 1.42 bits per heavy atom. The highest BCUT2D eigenvalue weighted by Crippen LogP contribution is 2.20. The number of nitrogen functional groups attached to an aromatic ring is 1. The Bertz CT molecular complexity index is 585. The molecule has 2 N–H and O–H groups in total. The molecule has 1 atom stereocenters. The molecule has 0 spiro atoms. The standard InChI is InChI=1S/C15H19N3O/c1-11-9-18(6-7-19-11)10-13-8-12-4-2-3-5-14(12)17-15(13)16/h2-5,8,11H,6-7,9-10H2,1H3,(H2,16,17). The fourth-order valence-electron chi connectivity index (χ4n) is 2.58. The van der Waals surface area contributed by atoms with Crippen LogP contribution in [-0.2, 0) is 11.3 Å². The minimum Gasteiger partial charge on any atom is -0.383 e. The highest BCUT2D eigenvalue weighted by molar-refractivity contribution is 5.81. The number of aromatic nitrogens is 1. The van der Waals surface area contributed by atoms with E-state index < -0.39 is 0 Å². The molecule has 1 aliphatic heterocycles. The lowest BCUT2D eigenvalue weighted by atomic mass is 10.1. The third-order valence-corrected chi connectivity index (χ3v) is 3.56. The zero-order valence-corrected chi connectivity index (χ0v) is 11.2. The highest BCUT2D eigenvalue weighted by Gasteiger charge is 2.17. The number of hydrogen-bond acceptors (Lipinski definition) is 4. The second-order valence-electron chi connectivity index (χ2n) is 5.14. The van der Waals surface area contributed by atoms with E-state index in [9.17, 15) is 0 Å². The first-order chi connectivity index (χ1) is 9.22. The molecule has 2 heterocycles. The van der Waals surface area contributed by atoms with Crippen LogP contribution in [0.15, 0.2) is 30.3 Å². The van der Waals surface area contributed by atoms with Gasteiger partial charge in [0.05, 0.1) is 18.2 Å². The summed E-state index contributed by atoms with van der Waals surface area (Å²) in [7, 11) is 0. The Hall–Kier alpha value is -1.65. The number of ether oxygens (including phenoxy) is 1. The van der Waals surface area contributed by atoms with E-state index in [-0.39, 0.29) is 0 Å². The van der Waals surface area contributed by atoms with Crippen LogP contribution in [0.2, 0.25) is 0 Å². The van der Waals surface area contributed by atoms with Gasteiger partial charge in [-0.25, -0.2) is 4.98 Å². The van der Waals surface area contributed by atoms with Crippen LogP contribution in [0, 0.1) is 0 Å². The number of nitrogens with two attached hydrogens (primary N) is 1. The van der Waals surface area contributed by atoms with Crippen molar-refractivity contribution in [1.29, 1.82) is 0 Å². The highest BCUT2D eigenvalue weighted by atomic mass is 16.5. The minimum absolute atomic E-state index is 0.295. The fraction of sp³-hybridized carbons (Fsp3) is 0.400. The molecule has 4 heteroatoms. The predicted octanol–water partition coefficient (Wildman–Crippen LogP) is 2.04. The van der Waals surface area contributed by atoms with E-state index in [4.69, 9.17) is 10.5 Å². The van der Waals surface area contributed by atoms with Crippen molar-refractivity contribution in [3.63, 3.8) is 0 Å². The van der Waals surface area contributed by atoms with Crippen LogP contribution in [0.5, 0.6) is 0 Å². The molecule has 1 aromatic heterocycles. The quantitative estimate of drug-likeness (QED) is 0.894. The van der Waals surface area contributed by atoms with Gasteiger partial charge in [0.1, 0.15) is 5.82 Å². The van der Waals surface area contributed by atoms with Crippen molar-refractivity contribution in [3.05, 3.63) is 35.9 Å². The zero-order valence-electron chi connectivity index (χ0n) is 11.2. The summed E-state index contributed by atoms with van der Waals surface area (Å²) < 4.78 is 5.56. The van der Waals surface area contributed by atoms with Gasteiger partial charge in [0.15, 0.2) is 0 Å². The Kier molecular flexibility index (Phi) is 3.36. The van der Waals surface area contributed by atoms with Gasteiger partial charge in [-0.3, -0.25) is 4.90 Å². The summed E-state index contributed by atoms with van der Waals surface area (Å²) >= 11 is 0. The van der Waals surface area contributed by atoms with E-state index in [0.29, 0.717) is 11.9 Å². The van der Waals surface area contributed by atoms with Crippen LogP contribution >= 0.6 is 0 Å². The zero-order chi connectivity index (χ0) is 13.2. The molecule has 1 aromatic carbocycles. The molecule has 1 unspecified atom stereocenters. The number of hydrogen-bond donors (Lipinski definition) is 1. The maximum Gasteiger partial charge on any atom is 0.128 e. The van der Waals surface area contributed by atoms with E-state index in [1.54, 1.807) is 0 Å². The number of morpholine rings is 1. The second-order valence-corrected chi connectivity index (χ2v) is 5.14.